The number of hydrogen-bond acceptors (Lipinski definition) is 5. The molecule has 0 radical (unpaired) electrons. The Morgan fingerprint density at radius 2 is 1.67 bits per heavy atom. The van der Waals surface area contributed by atoms with Crippen LogP contribution in [0.2, 0.25) is 0 Å². The van der Waals surface area contributed by atoms with Gasteiger partial charge in [-0.1, -0.05) is 48.5 Å². The van der Waals surface area contributed by atoms with Gasteiger partial charge in [0.1, 0.15) is 6.04 Å². The highest BCUT2D eigenvalue weighted by Gasteiger charge is 2.37. The monoisotopic (exact) mass is 521 g/mol. The van der Waals surface area contributed by atoms with Crippen molar-refractivity contribution in [2.75, 3.05) is 23.4 Å². The molecule has 0 spiro atoms. The lowest BCUT2D eigenvalue weighted by molar-refractivity contribution is -0.128. The highest BCUT2D eigenvalue weighted by molar-refractivity contribution is 6.12. The second kappa shape index (κ2) is 11.0. The molecule has 3 aromatic carbocycles. The second-order valence-corrected chi connectivity index (χ2v) is 9.72. The summed E-state index contributed by atoms with van der Waals surface area (Å²) in [6.07, 6.45) is 3.12. The number of nitrogens with zero attached hydrogens (tertiary/aromatic N) is 3. The first-order valence-electron chi connectivity index (χ1n) is 13.0. The third-order valence-corrected chi connectivity index (χ3v) is 7.30. The summed E-state index contributed by atoms with van der Waals surface area (Å²) in [6.45, 7) is 4.03. The Morgan fingerprint density at radius 1 is 0.974 bits per heavy atom. The van der Waals surface area contributed by atoms with Crippen LogP contribution in [0.15, 0.2) is 85.2 Å². The number of nitrogens with one attached hydrogen (secondary N) is 2. The Kier molecular flexibility index (Phi) is 7.38. The van der Waals surface area contributed by atoms with Crippen molar-refractivity contribution in [1.29, 1.82) is 0 Å². The van der Waals surface area contributed by atoms with Gasteiger partial charge in [-0.3, -0.25) is 19.4 Å². The molecule has 0 bridgehead atoms. The minimum Gasteiger partial charge on any atom is -0.341 e. The van der Waals surface area contributed by atoms with Gasteiger partial charge in [0.2, 0.25) is 5.91 Å². The lowest BCUT2D eigenvalue weighted by Crippen LogP contribution is -2.55. The number of amides is 3. The van der Waals surface area contributed by atoms with E-state index >= 15 is 0 Å². The van der Waals surface area contributed by atoms with Crippen LogP contribution >= 0.6 is 0 Å². The zero-order valence-corrected chi connectivity index (χ0v) is 22.2. The van der Waals surface area contributed by atoms with Crippen LogP contribution in [0.4, 0.5) is 11.4 Å². The van der Waals surface area contributed by atoms with E-state index in [4.69, 9.17) is 0 Å². The Labute approximate surface area is 227 Å². The number of hydrogen-bond donors (Lipinski definition) is 2. The van der Waals surface area contributed by atoms with Crippen molar-refractivity contribution in [1.82, 2.24) is 15.6 Å². The van der Waals surface area contributed by atoms with Crippen LogP contribution in [0.25, 0.3) is 10.8 Å². The average Bonchev–Trinajstić information content (AvgIpc) is 3.08. The van der Waals surface area contributed by atoms with Gasteiger partial charge in [0.25, 0.3) is 11.8 Å². The molecular weight excluding hydrogens is 490 g/mol. The Bertz CT molecular complexity index is 1540. The maximum Gasteiger partial charge on any atom is 0.258 e. The zero-order valence-electron chi connectivity index (χ0n) is 22.2. The number of benzene rings is 3. The highest BCUT2D eigenvalue weighted by atomic mass is 16.2. The largest absolute Gasteiger partial charge is 0.341 e. The molecule has 3 amide bonds. The molecule has 8 nitrogen and oxygen atoms in total. The molecule has 1 aliphatic heterocycles. The van der Waals surface area contributed by atoms with E-state index in [-0.39, 0.29) is 30.8 Å². The molecule has 8 heteroatoms. The summed E-state index contributed by atoms with van der Waals surface area (Å²) in [4.78, 5) is 48.3. The summed E-state index contributed by atoms with van der Waals surface area (Å²) in [5.74, 6) is -0.877. The van der Waals surface area contributed by atoms with Crippen molar-refractivity contribution in [2.24, 2.45) is 0 Å². The Morgan fingerprint density at radius 3 is 2.41 bits per heavy atom. The molecule has 0 saturated heterocycles. The number of aromatic nitrogens is 1. The normalized spacial score (nSPS) is 16.0. The average molecular weight is 522 g/mol. The summed E-state index contributed by atoms with van der Waals surface area (Å²) < 4.78 is 0. The van der Waals surface area contributed by atoms with Crippen molar-refractivity contribution < 1.29 is 14.4 Å². The smallest absolute Gasteiger partial charge is 0.258 e. The van der Waals surface area contributed by atoms with E-state index in [1.54, 1.807) is 48.3 Å². The lowest BCUT2D eigenvalue weighted by atomic mass is 9.99. The van der Waals surface area contributed by atoms with E-state index in [2.05, 4.69) is 33.8 Å². The van der Waals surface area contributed by atoms with Gasteiger partial charge < -0.3 is 20.4 Å². The summed E-state index contributed by atoms with van der Waals surface area (Å²) in [5.41, 5.74) is 3.72. The summed E-state index contributed by atoms with van der Waals surface area (Å²) in [6, 6.07) is 21.4. The van der Waals surface area contributed by atoms with E-state index < -0.39 is 12.1 Å². The number of rotatable bonds is 6. The van der Waals surface area contributed by atoms with E-state index in [0.717, 1.165) is 21.9 Å². The van der Waals surface area contributed by atoms with E-state index in [0.29, 0.717) is 16.9 Å². The van der Waals surface area contributed by atoms with Crippen LogP contribution < -0.4 is 20.4 Å². The molecule has 1 aromatic heterocycles. The van der Waals surface area contributed by atoms with Gasteiger partial charge in [-0.05, 0) is 67.1 Å². The predicted octanol–water partition coefficient (Wildman–Crippen LogP) is 3.83. The van der Waals surface area contributed by atoms with Crippen LogP contribution in [0.3, 0.4) is 0 Å². The molecule has 0 saturated carbocycles. The van der Waals surface area contributed by atoms with E-state index in [9.17, 15) is 14.4 Å². The lowest BCUT2D eigenvalue weighted by Gasteiger charge is -2.27. The molecule has 5 rings (SSSR count). The minimum atomic E-state index is -0.957. The molecule has 0 fully saturated rings. The number of carbonyl (C=O) groups is 3. The van der Waals surface area contributed by atoms with E-state index in [1.165, 1.54) is 0 Å². The van der Waals surface area contributed by atoms with Gasteiger partial charge in [-0.15, -0.1) is 0 Å². The maximum atomic E-state index is 14.3. The van der Waals surface area contributed by atoms with Crippen LogP contribution in [0, 0.1) is 6.92 Å². The third-order valence-electron chi connectivity index (χ3n) is 7.30. The molecular formula is C31H31N5O3. The molecule has 1 aliphatic rings. The van der Waals surface area contributed by atoms with Crippen molar-refractivity contribution in [3.8, 4) is 0 Å². The first-order valence-corrected chi connectivity index (χ1v) is 13.0. The fourth-order valence-corrected chi connectivity index (χ4v) is 4.94. The predicted molar refractivity (Wildman–Crippen MR) is 153 cm³/mol. The number of anilines is 2. The number of para-hydroxylation sites is 2. The van der Waals surface area contributed by atoms with Gasteiger partial charge in [0, 0.05) is 18.0 Å². The quantitative estimate of drug-likeness (QED) is 0.402. The SMILES string of the molecule is CN[C@@H](C)C(=O)NC1CN(C(=O)c2ccncc2)c2ccccc2N(Cc2c(C)ccc3ccccc23)C1=O. The van der Waals surface area contributed by atoms with Crippen LogP contribution in [0.5, 0.6) is 0 Å². The standard InChI is InChI=1S/C31H31N5O3/c1-20-12-13-22-8-4-5-9-24(22)25(20)18-35-27-10-6-7-11-28(27)36(30(38)23-14-16-33-17-15-23)19-26(31(35)39)34-29(37)21(2)32-3/h4-17,21,26,32H,18-19H2,1-3H3,(H,34,37)/t21-,26?/m0/s1. The first-order chi connectivity index (χ1) is 18.9. The number of likely N-dealkylation sites (N-methyl/N-ethyl adjacent to an activating group) is 1. The van der Waals surface area contributed by atoms with Crippen molar-refractivity contribution in [3.63, 3.8) is 0 Å². The molecule has 198 valence electrons. The van der Waals surface area contributed by atoms with Gasteiger partial charge >= 0.3 is 0 Å². The van der Waals surface area contributed by atoms with Gasteiger partial charge in [-0.25, -0.2) is 0 Å². The van der Waals surface area contributed by atoms with E-state index in [1.807, 2.05) is 49.4 Å². The molecule has 0 aliphatic carbocycles. The van der Waals surface area contributed by atoms with Crippen molar-refractivity contribution in [3.05, 3.63) is 102 Å². The minimum absolute atomic E-state index is 0.00973. The topological polar surface area (TPSA) is 94.6 Å². The first kappa shape index (κ1) is 26.1. The summed E-state index contributed by atoms with van der Waals surface area (Å²) in [7, 11) is 1.68. The molecule has 2 heterocycles. The number of pyridine rings is 1. The fraction of sp³-hybridized carbons (Fsp3) is 0.226. The van der Waals surface area contributed by atoms with Crippen LogP contribution in [0.1, 0.15) is 28.4 Å². The molecule has 4 aromatic rings. The molecule has 2 atom stereocenters. The van der Waals surface area contributed by atoms with Gasteiger partial charge in [0.15, 0.2) is 0 Å². The van der Waals surface area contributed by atoms with Crippen LogP contribution in [-0.4, -0.2) is 48.4 Å². The zero-order chi connectivity index (χ0) is 27.5. The molecule has 2 N–H and O–H groups in total. The third kappa shape index (κ3) is 5.11. The van der Waals surface area contributed by atoms with Crippen molar-refractivity contribution >= 4 is 39.9 Å². The van der Waals surface area contributed by atoms with Gasteiger partial charge in [-0.2, -0.15) is 0 Å². The van der Waals surface area contributed by atoms with Crippen LogP contribution in [-0.2, 0) is 16.1 Å². The van der Waals surface area contributed by atoms with Gasteiger partial charge in [0.05, 0.1) is 30.5 Å². The maximum absolute atomic E-state index is 14.3. The fourth-order valence-electron chi connectivity index (χ4n) is 4.94. The molecule has 39 heavy (non-hydrogen) atoms. The van der Waals surface area contributed by atoms with Crippen molar-refractivity contribution in [2.45, 2.75) is 32.5 Å². The summed E-state index contributed by atoms with van der Waals surface area (Å²) >= 11 is 0. The Hall–Kier alpha value is -4.56. The highest BCUT2D eigenvalue weighted by Crippen LogP contribution is 2.36. The number of fused-ring (bicyclic) bond motifs is 2. The second-order valence-electron chi connectivity index (χ2n) is 9.72. The number of aryl methyl sites for hydroxylation is 1. The molecule has 1 unspecified atom stereocenters. The number of carbonyl (C=O) groups excluding carboxylic acids is 3. The summed E-state index contributed by atoms with van der Waals surface area (Å²) in [5, 5.41) is 7.95. The Balaban J connectivity index is 1.64.